The molecular weight excluding hydrogens is 350 g/mol. The third-order valence-corrected chi connectivity index (χ3v) is 4.38. The van der Waals surface area contributed by atoms with Gasteiger partial charge in [-0.15, -0.1) is 11.3 Å². The Morgan fingerprint density at radius 3 is 2.50 bits per heavy atom. The number of carbonyl (C=O) groups is 2. The van der Waals surface area contributed by atoms with Gasteiger partial charge in [-0.1, -0.05) is 42.5 Å². The summed E-state index contributed by atoms with van der Waals surface area (Å²) in [4.78, 5) is 28.3. The highest BCUT2D eigenvalue weighted by Gasteiger charge is 2.14. The van der Waals surface area contributed by atoms with Crippen LogP contribution in [0.4, 0.5) is 10.8 Å². The molecule has 6 nitrogen and oxygen atoms in total. The van der Waals surface area contributed by atoms with Crippen molar-refractivity contribution in [3.8, 4) is 5.75 Å². The zero-order valence-electron chi connectivity index (χ0n) is 13.8. The summed E-state index contributed by atoms with van der Waals surface area (Å²) in [6, 6.07) is 16.2. The molecule has 3 aromatic rings. The second kappa shape index (κ2) is 8.26. The third kappa shape index (κ3) is 4.67. The average Bonchev–Trinajstić information content (AvgIpc) is 3.11. The first-order valence-corrected chi connectivity index (χ1v) is 8.88. The van der Waals surface area contributed by atoms with Crippen LogP contribution >= 0.6 is 11.3 Å². The minimum atomic E-state index is -0.451. The summed E-state index contributed by atoms with van der Waals surface area (Å²) in [5.74, 6) is -0.631. The number of aromatic hydroxyl groups is 1. The van der Waals surface area contributed by atoms with E-state index >= 15 is 0 Å². The van der Waals surface area contributed by atoms with Gasteiger partial charge in [0, 0.05) is 11.8 Å². The van der Waals surface area contributed by atoms with Gasteiger partial charge in [-0.3, -0.25) is 9.59 Å². The molecule has 0 fully saturated rings. The Labute approximate surface area is 154 Å². The van der Waals surface area contributed by atoms with E-state index < -0.39 is 5.91 Å². The lowest BCUT2D eigenvalue weighted by Gasteiger charge is -2.05. The highest BCUT2D eigenvalue weighted by atomic mass is 32.1. The Hall–Kier alpha value is -3.19. The van der Waals surface area contributed by atoms with Crippen molar-refractivity contribution in [1.82, 2.24) is 4.98 Å². The van der Waals surface area contributed by atoms with Crippen LogP contribution < -0.4 is 10.6 Å². The maximum absolute atomic E-state index is 12.2. The van der Waals surface area contributed by atoms with Crippen molar-refractivity contribution in [1.29, 1.82) is 0 Å². The second-order valence-corrected chi connectivity index (χ2v) is 6.40. The largest absolute Gasteiger partial charge is 0.506 e. The molecule has 1 heterocycles. The fraction of sp³-hybridized carbons (Fsp3) is 0.105. The van der Waals surface area contributed by atoms with E-state index in [1.165, 1.54) is 17.4 Å². The Morgan fingerprint density at radius 1 is 1.00 bits per heavy atom. The number of para-hydroxylation sites is 2. The van der Waals surface area contributed by atoms with E-state index in [0.29, 0.717) is 23.7 Å². The standard InChI is InChI=1S/C19H17N3O3S/c23-16-9-5-4-8-14(16)20-18(25)15-12-26-19(21-15)22-17(24)11-10-13-6-2-1-3-7-13/h1-9,12,23H,10-11H2,(H,20,25)(H,21,22,24). The Balaban J connectivity index is 1.55. The minimum Gasteiger partial charge on any atom is -0.506 e. The number of nitrogens with zero attached hydrogens (tertiary/aromatic N) is 1. The fourth-order valence-electron chi connectivity index (χ4n) is 2.29. The third-order valence-electron chi connectivity index (χ3n) is 3.62. The molecule has 0 aliphatic heterocycles. The molecular formula is C19H17N3O3S. The molecule has 0 unspecified atom stereocenters. The lowest BCUT2D eigenvalue weighted by molar-refractivity contribution is -0.116. The maximum Gasteiger partial charge on any atom is 0.275 e. The van der Waals surface area contributed by atoms with E-state index in [1.54, 1.807) is 23.6 Å². The first-order chi connectivity index (χ1) is 12.6. The van der Waals surface area contributed by atoms with Gasteiger partial charge in [-0.05, 0) is 24.1 Å². The molecule has 7 heteroatoms. The number of aromatic nitrogens is 1. The smallest absolute Gasteiger partial charge is 0.275 e. The summed E-state index contributed by atoms with van der Waals surface area (Å²) in [6.07, 6.45) is 0.974. The van der Waals surface area contributed by atoms with Crippen molar-refractivity contribution < 1.29 is 14.7 Å². The van der Waals surface area contributed by atoms with E-state index in [2.05, 4.69) is 15.6 Å². The number of hydrogen-bond acceptors (Lipinski definition) is 5. The Bertz CT molecular complexity index is 909. The first kappa shape index (κ1) is 17.6. The predicted octanol–water partition coefficient (Wildman–Crippen LogP) is 3.67. The molecule has 3 N–H and O–H groups in total. The molecule has 2 aromatic carbocycles. The molecule has 132 valence electrons. The van der Waals surface area contributed by atoms with E-state index in [4.69, 9.17) is 0 Å². The highest BCUT2D eigenvalue weighted by molar-refractivity contribution is 7.14. The summed E-state index contributed by atoms with van der Waals surface area (Å²) in [5, 5.41) is 16.9. The van der Waals surface area contributed by atoms with Crippen molar-refractivity contribution in [3.05, 3.63) is 71.2 Å². The molecule has 0 aliphatic carbocycles. The monoisotopic (exact) mass is 367 g/mol. The lowest BCUT2D eigenvalue weighted by Crippen LogP contribution is -2.14. The lowest BCUT2D eigenvalue weighted by atomic mass is 10.1. The summed E-state index contributed by atoms with van der Waals surface area (Å²) >= 11 is 1.18. The molecule has 0 atom stereocenters. The van der Waals surface area contributed by atoms with E-state index in [9.17, 15) is 14.7 Å². The normalized spacial score (nSPS) is 10.3. The minimum absolute atomic E-state index is 0.0227. The number of aryl methyl sites for hydroxylation is 1. The van der Waals surface area contributed by atoms with Gasteiger partial charge in [-0.2, -0.15) is 0 Å². The maximum atomic E-state index is 12.2. The van der Waals surface area contributed by atoms with Gasteiger partial charge < -0.3 is 15.7 Å². The number of phenols is 1. The topological polar surface area (TPSA) is 91.3 Å². The van der Waals surface area contributed by atoms with Gasteiger partial charge in [0.25, 0.3) is 5.91 Å². The summed E-state index contributed by atoms with van der Waals surface area (Å²) in [6.45, 7) is 0. The number of benzene rings is 2. The molecule has 2 amide bonds. The average molecular weight is 367 g/mol. The van der Waals surface area contributed by atoms with Crippen LogP contribution in [-0.4, -0.2) is 21.9 Å². The first-order valence-electron chi connectivity index (χ1n) is 8.00. The second-order valence-electron chi connectivity index (χ2n) is 5.54. The molecule has 0 bridgehead atoms. The number of anilines is 2. The number of nitrogens with one attached hydrogen (secondary N) is 2. The number of hydrogen-bond donors (Lipinski definition) is 3. The predicted molar refractivity (Wildman–Crippen MR) is 102 cm³/mol. The molecule has 0 saturated carbocycles. The number of thiazole rings is 1. The number of amides is 2. The van der Waals surface area contributed by atoms with Gasteiger partial charge in [0.2, 0.25) is 5.91 Å². The fourth-order valence-corrected chi connectivity index (χ4v) is 2.99. The molecule has 0 aliphatic rings. The van der Waals surface area contributed by atoms with Gasteiger partial charge in [0.15, 0.2) is 5.13 Å². The van der Waals surface area contributed by atoms with Crippen LogP contribution in [0.15, 0.2) is 60.0 Å². The Morgan fingerprint density at radius 2 is 1.73 bits per heavy atom. The molecule has 0 radical (unpaired) electrons. The van der Waals surface area contributed by atoms with E-state index in [1.807, 2.05) is 30.3 Å². The van der Waals surface area contributed by atoms with Crippen molar-refractivity contribution in [2.24, 2.45) is 0 Å². The number of phenolic OH excluding ortho intramolecular Hbond substituents is 1. The Kier molecular flexibility index (Phi) is 5.60. The molecule has 3 rings (SSSR count). The quantitative estimate of drug-likeness (QED) is 0.580. The van der Waals surface area contributed by atoms with Crippen molar-refractivity contribution in [3.63, 3.8) is 0 Å². The highest BCUT2D eigenvalue weighted by Crippen LogP contribution is 2.23. The summed E-state index contributed by atoms with van der Waals surface area (Å²) in [7, 11) is 0. The van der Waals surface area contributed by atoms with Crippen LogP contribution in [0.2, 0.25) is 0 Å². The van der Waals surface area contributed by atoms with Crippen LogP contribution in [0.25, 0.3) is 0 Å². The van der Waals surface area contributed by atoms with Crippen molar-refractivity contribution >= 4 is 34.0 Å². The van der Waals surface area contributed by atoms with Crippen LogP contribution in [0.3, 0.4) is 0 Å². The zero-order chi connectivity index (χ0) is 18.4. The molecule has 0 spiro atoms. The SMILES string of the molecule is O=C(CCc1ccccc1)Nc1nc(C(=O)Nc2ccccc2O)cs1. The molecule has 26 heavy (non-hydrogen) atoms. The number of carbonyl (C=O) groups excluding carboxylic acids is 2. The van der Waals surface area contributed by atoms with E-state index in [0.717, 1.165) is 5.56 Å². The van der Waals surface area contributed by atoms with Gasteiger partial charge in [0.1, 0.15) is 11.4 Å². The van der Waals surface area contributed by atoms with Gasteiger partial charge >= 0.3 is 0 Å². The zero-order valence-corrected chi connectivity index (χ0v) is 14.6. The summed E-state index contributed by atoms with van der Waals surface area (Å²) < 4.78 is 0. The van der Waals surface area contributed by atoms with Crippen LogP contribution in [0, 0.1) is 0 Å². The van der Waals surface area contributed by atoms with Crippen LogP contribution in [0.5, 0.6) is 5.75 Å². The summed E-state index contributed by atoms with van der Waals surface area (Å²) in [5.41, 5.74) is 1.57. The van der Waals surface area contributed by atoms with Gasteiger partial charge in [0.05, 0.1) is 5.69 Å². The van der Waals surface area contributed by atoms with Crippen molar-refractivity contribution in [2.75, 3.05) is 10.6 Å². The molecule has 1 aromatic heterocycles. The number of rotatable bonds is 6. The van der Waals surface area contributed by atoms with E-state index in [-0.39, 0.29) is 17.4 Å². The van der Waals surface area contributed by atoms with Crippen molar-refractivity contribution in [2.45, 2.75) is 12.8 Å². The van der Waals surface area contributed by atoms with Crippen LogP contribution in [-0.2, 0) is 11.2 Å². The van der Waals surface area contributed by atoms with Gasteiger partial charge in [-0.25, -0.2) is 4.98 Å². The molecule has 0 saturated heterocycles. The van der Waals surface area contributed by atoms with Crippen LogP contribution in [0.1, 0.15) is 22.5 Å².